The van der Waals surface area contributed by atoms with Crippen LogP contribution in [0.2, 0.25) is 0 Å². The third kappa shape index (κ3) is 4.72. The van der Waals surface area contributed by atoms with E-state index in [-0.39, 0.29) is 24.0 Å². The zero-order valence-electron chi connectivity index (χ0n) is 15.5. The Hall–Kier alpha value is -0.380. The zero-order chi connectivity index (χ0) is 17.1. The normalized spacial score (nSPS) is 29.6. The molecule has 146 valence electrons. The van der Waals surface area contributed by atoms with Gasteiger partial charge in [0, 0.05) is 11.4 Å². The summed E-state index contributed by atoms with van der Waals surface area (Å²) in [5.41, 5.74) is 0. The zero-order valence-corrected chi connectivity index (χ0v) is 18.7. The smallest absolute Gasteiger partial charge is 0.191 e. The van der Waals surface area contributed by atoms with Crippen LogP contribution in [0.5, 0.6) is 0 Å². The third-order valence-electron chi connectivity index (χ3n) is 5.65. The van der Waals surface area contributed by atoms with E-state index in [2.05, 4.69) is 40.0 Å². The van der Waals surface area contributed by atoms with Gasteiger partial charge in [-0.2, -0.15) is 0 Å². The Labute approximate surface area is 178 Å². The Balaban J connectivity index is 0.00000196. The van der Waals surface area contributed by atoms with Crippen molar-refractivity contribution in [3.05, 3.63) is 22.4 Å². The highest BCUT2D eigenvalue weighted by atomic mass is 127. The van der Waals surface area contributed by atoms with Crippen LogP contribution < -0.4 is 10.6 Å². The molecule has 4 atom stereocenters. The molecule has 7 heteroatoms. The van der Waals surface area contributed by atoms with Gasteiger partial charge in [0.1, 0.15) is 0 Å². The summed E-state index contributed by atoms with van der Waals surface area (Å²) >= 11 is 1.85. The van der Waals surface area contributed by atoms with Gasteiger partial charge in [0.15, 0.2) is 5.96 Å². The van der Waals surface area contributed by atoms with Crippen molar-refractivity contribution >= 4 is 41.3 Å². The summed E-state index contributed by atoms with van der Waals surface area (Å²) < 4.78 is 5.98. The molecule has 3 aliphatic heterocycles. The molecule has 0 aromatic carbocycles. The quantitative estimate of drug-likeness (QED) is 0.365. The van der Waals surface area contributed by atoms with E-state index >= 15 is 0 Å². The number of nitrogens with zero attached hydrogens (tertiary/aromatic N) is 2. The fourth-order valence-corrected chi connectivity index (χ4v) is 5.23. The van der Waals surface area contributed by atoms with Crippen LogP contribution >= 0.6 is 35.3 Å². The molecule has 2 N–H and O–H groups in total. The van der Waals surface area contributed by atoms with E-state index in [1.807, 2.05) is 11.3 Å². The number of hydrogen-bond donors (Lipinski definition) is 2. The summed E-state index contributed by atoms with van der Waals surface area (Å²) in [6.45, 7) is 6.23. The molecular formula is C19H31IN4OS. The molecule has 2 bridgehead atoms. The molecule has 0 radical (unpaired) electrons. The van der Waals surface area contributed by atoms with Crippen LogP contribution in [0.3, 0.4) is 0 Å². The molecule has 26 heavy (non-hydrogen) atoms. The number of thiophene rings is 1. The van der Waals surface area contributed by atoms with E-state index in [1.165, 1.54) is 43.6 Å². The Morgan fingerprint density at radius 3 is 2.85 bits per heavy atom. The molecule has 4 unspecified atom stereocenters. The van der Waals surface area contributed by atoms with E-state index < -0.39 is 0 Å². The maximum Gasteiger partial charge on any atom is 0.191 e. The van der Waals surface area contributed by atoms with Crippen molar-refractivity contribution in [1.29, 1.82) is 0 Å². The Bertz CT molecular complexity index is 576. The maximum absolute atomic E-state index is 5.98. The van der Waals surface area contributed by atoms with Crippen molar-refractivity contribution in [3.63, 3.8) is 0 Å². The molecule has 0 saturated carbocycles. The van der Waals surface area contributed by atoms with Crippen LogP contribution in [0.15, 0.2) is 22.5 Å². The number of nitrogens with one attached hydrogen (secondary N) is 2. The summed E-state index contributed by atoms with van der Waals surface area (Å²) in [4.78, 5) is 9.00. The van der Waals surface area contributed by atoms with Crippen LogP contribution in [0.4, 0.5) is 0 Å². The number of ether oxygens (including phenoxy) is 1. The predicted molar refractivity (Wildman–Crippen MR) is 119 cm³/mol. The van der Waals surface area contributed by atoms with Crippen molar-refractivity contribution in [1.82, 2.24) is 15.5 Å². The SMILES string of the molecule is CCNC(=NCC(c1cccs1)N1CCCC1)NC1CC2CCC1O2.I. The lowest BCUT2D eigenvalue weighted by Crippen LogP contribution is -2.47. The monoisotopic (exact) mass is 490 g/mol. The highest BCUT2D eigenvalue weighted by Gasteiger charge is 2.41. The van der Waals surface area contributed by atoms with Crippen LogP contribution in [-0.2, 0) is 4.74 Å². The number of fused-ring (bicyclic) bond motifs is 2. The van der Waals surface area contributed by atoms with Crippen molar-refractivity contribution in [2.45, 2.75) is 63.3 Å². The van der Waals surface area contributed by atoms with Crippen LogP contribution in [0, 0.1) is 0 Å². The molecule has 0 spiro atoms. The van der Waals surface area contributed by atoms with E-state index in [0.717, 1.165) is 25.5 Å². The van der Waals surface area contributed by atoms with Gasteiger partial charge in [0.2, 0.25) is 0 Å². The van der Waals surface area contributed by atoms with Gasteiger partial charge >= 0.3 is 0 Å². The lowest BCUT2D eigenvalue weighted by molar-refractivity contribution is 0.0992. The maximum atomic E-state index is 5.98. The molecule has 0 amide bonds. The third-order valence-corrected chi connectivity index (χ3v) is 6.62. The van der Waals surface area contributed by atoms with E-state index in [4.69, 9.17) is 9.73 Å². The van der Waals surface area contributed by atoms with Gasteiger partial charge in [-0.15, -0.1) is 35.3 Å². The molecule has 4 heterocycles. The van der Waals surface area contributed by atoms with Gasteiger partial charge in [-0.25, -0.2) is 0 Å². The van der Waals surface area contributed by atoms with Crippen molar-refractivity contribution < 1.29 is 4.74 Å². The Morgan fingerprint density at radius 2 is 2.23 bits per heavy atom. The molecule has 4 rings (SSSR count). The van der Waals surface area contributed by atoms with E-state index in [0.29, 0.717) is 24.3 Å². The van der Waals surface area contributed by atoms with Crippen LogP contribution in [-0.4, -0.2) is 55.3 Å². The summed E-state index contributed by atoms with van der Waals surface area (Å²) in [5, 5.41) is 9.25. The fraction of sp³-hybridized carbons (Fsp3) is 0.737. The average molecular weight is 490 g/mol. The van der Waals surface area contributed by atoms with Gasteiger partial charge < -0.3 is 15.4 Å². The summed E-state index contributed by atoms with van der Waals surface area (Å²) in [7, 11) is 0. The highest BCUT2D eigenvalue weighted by Crippen LogP contribution is 2.34. The minimum atomic E-state index is 0. The standard InChI is InChI=1S/C19H30N4OS.HI/c1-2-20-19(22-15-12-14-7-8-17(15)24-14)21-13-16(18-6-5-11-25-18)23-9-3-4-10-23;/h5-6,11,14-17H,2-4,7-10,12-13H2,1H3,(H2,20,21,22);1H. The molecule has 3 saturated heterocycles. The second-order valence-electron chi connectivity index (χ2n) is 7.35. The highest BCUT2D eigenvalue weighted by molar-refractivity contribution is 14.0. The van der Waals surface area contributed by atoms with E-state index in [9.17, 15) is 0 Å². The Morgan fingerprint density at radius 1 is 1.38 bits per heavy atom. The summed E-state index contributed by atoms with van der Waals surface area (Å²) in [6, 6.07) is 5.24. The van der Waals surface area contributed by atoms with Crippen molar-refractivity contribution in [2.24, 2.45) is 4.99 Å². The minimum Gasteiger partial charge on any atom is -0.373 e. The summed E-state index contributed by atoms with van der Waals surface area (Å²) in [6.07, 6.45) is 7.00. The number of halogens is 1. The van der Waals surface area contributed by atoms with Crippen LogP contribution in [0.25, 0.3) is 0 Å². The molecule has 5 nitrogen and oxygen atoms in total. The number of likely N-dealkylation sites (tertiary alicyclic amines) is 1. The van der Waals surface area contributed by atoms with E-state index in [1.54, 1.807) is 0 Å². The first-order valence-electron chi connectivity index (χ1n) is 9.81. The second kappa shape index (κ2) is 9.71. The second-order valence-corrected chi connectivity index (χ2v) is 8.33. The molecule has 1 aromatic heterocycles. The average Bonchev–Trinajstić information content (AvgIpc) is 3.40. The lowest BCUT2D eigenvalue weighted by atomic mass is 9.96. The number of guanidine groups is 1. The first-order chi connectivity index (χ1) is 12.3. The van der Waals surface area contributed by atoms with Gasteiger partial charge in [-0.1, -0.05) is 6.07 Å². The largest absolute Gasteiger partial charge is 0.373 e. The minimum absolute atomic E-state index is 0. The number of aliphatic imine (C=N–C) groups is 1. The first-order valence-corrected chi connectivity index (χ1v) is 10.7. The molecular weight excluding hydrogens is 459 g/mol. The molecule has 3 fully saturated rings. The molecule has 0 aliphatic carbocycles. The number of rotatable bonds is 6. The molecule has 1 aromatic rings. The van der Waals surface area contributed by atoms with Crippen LogP contribution in [0.1, 0.15) is 49.9 Å². The van der Waals surface area contributed by atoms with Gasteiger partial charge in [-0.05, 0) is 63.6 Å². The van der Waals surface area contributed by atoms with Gasteiger partial charge in [-0.3, -0.25) is 9.89 Å². The topological polar surface area (TPSA) is 48.9 Å². The van der Waals surface area contributed by atoms with Gasteiger partial charge in [0.25, 0.3) is 0 Å². The van der Waals surface area contributed by atoms with Crippen molar-refractivity contribution in [3.8, 4) is 0 Å². The molecule has 3 aliphatic rings. The fourth-order valence-electron chi connectivity index (χ4n) is 4.38. The number of hydrogen-bond acceptors (Lipinski definition) is 4. The van der Waals surface area contributed by atoms with Gasteiger partial charge in [0.05, 0.1) is 30.8 Å². The first kappa shape index (κ1) is 20.4. The summed E-state index contributed by atoms with van der Waals surface area (Å²) in [5.74, 6) is 0.949. The Kier molecular flexibility index (Phi) is 7.60. The van der Waals surface area contributed by atoms with Crippen molar-refractivity contribution in [2.75, 3.05) is 26.2 Å². The predicted octanol–water partition coefficient (Wildman–Crippen LogP) is 3.38. The lowest BCUT2D eigenvalue weighted by Gasteiger charge is -2.26.